The quantitative estimate of drug-likeness (QED) is 0.197. The van der Waals surface area contributed by atoms with Crippen LogP contribution in [0.4, 0.5) is 5.69 Å². The Morgan fingerprint density at radius 1 is 1.05 bits per heavy atom. The Morgan fingerprint density at radius 2 is 1.85 bits per heavy atom. The Kier molecular flexibility index (Phi) is 11.9. The van der Waals surface area contributed by atoms with Crippen LogP contribution in [0.3, 0.4) is 0 Å². The second-order valence-electron chi connectivity index (χ2n) is 10.8. The van der Waals surface area contributed by atoms with Gasteiger partial charge in [-0.15, -0.1) is 0 Å². The first-order chi connectivity index (χ1) is 19.1. The Hall–Kier alpha value is -2.62. The van der Waals surface area contributed by atoms with Crippen molar-refractivity contribution in [2.24, 2.45) is 0 Å². The van der Waals surface area contributed by atoms with E-state index >= 15 is 0 Å². The molecule has 39 heavy (non-hydrogen) atoms. The van der Waals surface area contributed by atoms with E-state index in [9.17, 15) is 14.4 Å². The number of pyridine rings is 1. The van der Waals surface area contributed by atoms with Gasteiger partial charge in [0.05, 0.1) is 31.5 Å². The van der Waals surface area contributed by atoms with Gasteiger partial charge in [0.1, 0.15) is 0 Å². The van der Waals surface area contributed by atoms with Crippen LogP contribution in [0.5, 0.6) is 0 Å². The molecule has 1 aromatic heterocycles. The minimum absolute atomic E-state index is 0.101. The van der Waals surface area contributed by atoms with Gasteiger partial charge < -0.3 is 10.1 Å². The van der Waals surface area contributed by atoms with E-state index in [-0.39, 0.29) is 17.4 Å². The highest BCUT2D eigenvalue weighted by molar-refractivity contribution is 5.75. The van der Waals surface area contributed by atoms with Gasteiger partial charge in [-0.05, 0) is 50.2 Å². The van der Waals surface area contributed by atoms with Gasteiger partial charge in [-0.1, -0.05) is 38.2 Å². The number of hydrogen-bond acceptors (Lipinski definition) is 8. The molecule has 0 bridgehead atoms. The van der Waals surface area contributed by atoms with Gasteiger partial charge in [0.25, 0.3) is 0 Å². The molecule has 0 unspecified atom stereocenters. The van der Waals surface area contributed by atoms with Crippen molar-refractivity contribution in [1.82, 2.24) is 14.9 Å². The minimum Gasteiger partial charge on any atom is -0.381 e. The van der Waals surface area contributed by atoms with Crippen molar-refractivity contribution >= 4 is 11.6 Å². The summed E-state index contributed by atoms with van der Waals surface area (Å²) in [5.41, 5.74) is 1.37. The fourth-order valence-corrected chi connectivity index (χ4v) is 5.55. The van der Waals surface area contributed by atoms with E-state index in [1.807, 2.05) is 12.1 Å². The number of amides is 1. The molecule has 2 heterocycles. The van der Waals surface area contributed by atoms with Crippen molar-refractivity contribution < 1.29 is 14.4 Å². The number of ether oxygens (including phenoxy) is 1. The van der Waals surface area contributed by atoms with E-state index in [1.165, 1.54) is 6.42 Å². The normalized spacial score (nSPS) is 16.9. The Morgan fingerprint density at radius 3 is 2.62 bits per heavy atom. The third kappa shape index (κ3) is 8.95. The molecule has 2 fully saturated rings. The van der Waals surface area contributed by atoms with Crippen LogP contribution in [0.15, 0.2) is 34.1 Å². The maximum absolute atomic E-state index is 13.1. The largest absolute Gasteiger partial charge is 0.381 e. The van der Waals surface area contributed by atoms with Gasteiger partial charge in [-0.3, -0.25) is 29.1 Å². The molecule has 1 aromatic carbocycles. The van der Waals surface area contributed by atoms with Gasteiger partial charge in [-0.2, -0.15) is 0 Å². The van der Waals surface area contributed by atoms with Crippen LogP contribution < -0.4 is 16.2 Å². The first kappa shape index (κ1) is 29.4. The zero-order chi connectivity index (χ0) is 27.3. The van der Waals surface area contributed by atoms with E-state index in [4.69, 9.17) is 9.57 Å². The van der Waals surface area contributed by atoms with Crippen molar-refractivity contribution in [3.8, 4) is 0 Å². The van der Waals surface area contributed by atoms with E-state index in [0.29, 0.717) is 43.7 Å². The number of aryl methyl sites for hydroxylation is 1. The standard InChI is InChI=1S/C30H44N4O5/c35-27(34(25-10-4-3-5-11-25)39-22-19-33-17-20-38-21-18-33)12-6-1-2-7-16-32-28-26(29(36)30(28)37)14-13-24-9-8-15-31-23-24/h8-9,15,23,25,32H,1-7,10-14,16-22H2. The molecule has 1 N–H and O–H groups in total. The number of hydroxylamine groups is 2. The lowest BCUT2D eigenvalue weighted by molar-refractivity contribution is -0.205. The van der Waals surface area contributed by atoms with Crippen LogP contribution in [0, 0.1) is 0 Å². The van der Waals surface area contributed by atoms with Crippen LogP contribution in [0.2, 0.25) is 0 Å². The monoisotopic (exact) mass is 540 g/mol. The lowest BCUT2D eigenvalue weighted by Crippen LogP contribution is -2.44. The van der Waals surface area contributed by atoms with E-state index in [0.717, 1.165) is 89.8 Å². The molecule has 214 valence electrons. The number of unbranched alkanes of at least 4 members (excludes halogenated alkanes) is 3. The summed E-state index contributed by atoms with van der Waals surface area (Å²) in [7, 11) is 0. The number of aromatic nitrogens is 1. The number of rotatable bonds is 16. The van der Waals surface area contributed by atoms with Crippen molar-refractivity contribution in [2.75, 3.05) is 51.3 Å². The number of anilines is 1. The molecule has 1 aliphatic carbocycles. The lowest BCUT2D eigenvalue weighted by Gasteiger charge is -2.34. The average Bonchev–Trinajstić information content (AvgIpc) is 2.99. The van der Waals surface area contributed by atoms with Crippen LogP contribution in [-0.4, -0.2) is 72.9 Å². The molecule has 2 aromatic rings. The SMILES string of the molecule is O=C(CCCCCCNc1c(CCc2cccnc2)c(=O)c1=O)N(OCCN1CCOCC1)C1CCCCC1. The highest BCUT2D eigenvalue weighted by atomic mass is 16.7. The minimum atomic E-state index is -0.404. The van der Waals surface area contributed by atoms with Crippen LogP contribution in [0.25, 0.3) is 0 Å². The van der Waals surface area contributed by atoms with Crippen molar-refractivity contribution in [1.29, 1.82) is 0 Å². The zero-order valence-electron chi connectivity index (χ0n) is 23.2. The molecular formula is C30H44N4O5. The molecule has 9 nitrogen and oxygen atoms in total. The third-order valence-electron chi connectivity index (χ3n) is 7.91. The molecule has 1 aliphatic heterocycles. The summed E-state index contributed by atoms with van der Waals surface area (Å²) in [6, 6.07) is 4.04. The Balaban J connectivity index is 1.12. The van der Waals surface area contributed by atoms with Crippen molar-refractivity contribution in [2.45, 2.75) is 83.1 Å². The molecule has 4 rings (SSSR count). The third-order valence-corrected chi connectivity index (χ3v) is 7.91. The Bertz CT molecular complexity index is 1070. The molecule has 0 atom stereocenters. The second kappa shape index (κ2) is 15.8. The summed E-state index contributed by atoms with van der Waals surface area (Å²) in [6.45, 7) is 5.38. The maximum atomic E-state index is 13.1. The van der Waals surface area contributed by atoms with Crippen LogP contribution in [-0.2, 0) is 27.2 Å². The topological polar surface area (TPSA) is 101 Å². The summed E-state index contributed by atoms with van der Waals surface area (Å²) in [5, 5.41) is 4.89. The molecule has 9 heteroatoms. The Labute approximate surface area is 231 Å². The van der Waals surface area contributed by atoms with Gasteiger partial charge >= 0.3 is 0 Å². The zero-order valence-corrected chi connectivity index (χ0v) is 23.2. The van der Waals surface area contributed by atoms with E-state index < -0.39 is 5.43 Å². The highest BCUT2D eigenvalue weighted by Crippen LogP contribution is 2.24. The van der Waals surface area contributed by atoms with E-state index in [2.05, 4.69) is 15.2 Å². The average molecular weight is 541 g/mol. The first-order valence-corrected chi connectivity index (χ1v) is 14.8. The number of nitrogens with zero attached hydrogens (tertiary/aromatic N) is 3. The number of carbonyl (C=O) groups excluding carboxylic acids is 1. The number of morpholine rings is 1. The smallest absolute Gasteiger partial charge is 0.249 e. The van der Waals surface area contributed by atoms with Crippen molar-refractivity contribution in [3.63, 3.8) is 0 Å². The van der Waals surface area contributed by atoms with Crippen LogP contribution in [0.1, 0.15) is 75.3 Å². The molecule has 1 saturated heterocycles. The summed E-state index contributed by atoms with van der Waals surface area (Å²) < 4.78 is 5.42. The highest BCUT2D eigenvalue weighted by Gasteiger charge is 2.26. The van der Waals surface area contributed by atoms with Gasteiger partial charge in [0.15, 0.2) is 0 Å². The molecule has 0 radical (unpaired) electrons. The van der Waals surface area contributed by atoms with Gasteiger partial charge in [0.2, 0.25) is 16.8 Å². The first-order valence-electron chi connectivity index (χ1n) is 14.8. The number of carbonyl (C=O) groups is 1. The lowest BCUT2D eigenvalue weighted by atomic mass is 9.95. The summed E-state index contributed by atoms with van der Waals surface area (Å²) in [4.78, 5) is 49.7. The number of nitrogens with one attached hydrogen (secondary N) is 1. The molecule has 1 saturated carbocycles. The van der Waals surface area contributed by atoms with Crippen molar-refractivity contribution in [3.05, 3.63) is 56.1 Å². The van der Waals surface area contributed by atoms with Gasteiger partial charge in [0, 0.05) is 50.6 Å². The molecule has 1 amide bonds. The molecule has 0 spiro atoms. The second-order valence-corrected chi connectivity index (χ2v) is 10.8. The van der Waals surface area contributed by atoms with Crippen LogP contribution >= 0.6 is 0 Å². The maximum Gasteiger partial charge on any atom is 0.249 e. The summed E-state index contributed by atoms with van der Waals surface area (Å²) >= 11 is 0. The fraction of sp³-hybridized carbons (Fsp3) is 0.667. The predicted molar refractivity (Wildman–Crippen MR) is 152 cm³/mol. The molecular weight excluding hydrogens is 496 g/mol. The fourth-order valence-electron chi connectivity index (χ4n) is 5.55. The summed E-state index contributed by atoms with van der Waals surface area (Å²) in [6.07, 6.45) is 14.5. The number of hydrogen-bond donors (Lipinski definition) is 1. The predicted octanol–water partition coefficient (Wildman–Crippen LogP) is 3.25. The summed E-state index contributed by atoms with van der Waals surface area (Å²) in [5.74, 6) is 0.101. The van der Waals surface area contributed by atoms with E-state index in [1.54, 1.807) is 17.5 Å². The van der Waals surface area contributed by atoms with Gasteiger partial charge in [-0.25, -0.2) is 5.06 Å². The molecule has 2 aliphatic rings.